The molecule has 144 valence electrons. The zero-order valence-corrected chi connectivity index (χ0v) is 14.5. The van der Waals surface area contributed by atoms with Gasteiger partial charge in [0.1, 0.15) is 17.5 Å². The third-order valence-corrected chi connectivity index (χ3v) is 4.31. The van der Waals surface area contributed by atoms with Crippen LogP contribution in [-0.2, 0) is 6.18 Å². The SMILES string of the molecule is O=C(c1cc(-c2ccccc2)n[nH]1)N1CC(Oc2cccc(C(F)(F)F)n2)C1. The molecule has 0 radical (unpaired) electrons. The predicted molar refractivity (Wildman–Crippen MR) is 93.6 cm³/mol. The van der Waals surface area contributed by atoms with E-state index >= 15 is 0 Å². The van der Waals surface area contributed by atoms with Crippen molar-refractivity contribution in [3.05, 3.63) is 66.0 Å². The molecule has 28 heavy (non-hydrogen) atoms. The van der Waals surface area contributed by atoms with E-state index in [9.17, 15) is 18.0 Å². The molecule has 1 aliphatic heterocycles. The predicted octanol–water partition coefficient (Wildman–Crippen LogP) is 3.39. The Balaban J connectivity index is 1.36. The van der Waals surface area contributed by atoms with Gasteiger partial charge in [0.25, 0.3) is 5.91 Å². The van der Waals surface area contributed by atoms with Crippen molar-refractivity contribution in [3.63, 3.8) is 0 Å². The van der Waals surface area contributed by atoms with Gasteiger partial charge in [0, 0.05) is 11.6 Å². The lowest BCUT2D eigenvalue weighted by Gasteiger charge is -2.38. The monoisotopic (exact) mass is 388 g/mol. The summed E-state index contributed by atoms with van der Waals surface area (Å²) in [6, 6.07) is 14.6. The summed E-state index contributed by atoms with van der Waals surface area (Å²) >= 11 is 0. The molecule has 3 heterocycles. The van der Waals surface area contributed by atoms with Gasteiger partial charge in [-0.1, -0.05) is 36.4 Å². The molecule has 6 nitrogen and oxygen atoms in total. The first kappa shape index (κ1) is 18.0. The summed E-state index contributed by atoms with van der Waals surface area (Å²) in [5, 5.41) is 6.87. The van der Waals surface area contributed by atoms with Gasteiger partial charge in [0.2, 0.25) is 5.88 Å². The van der Waals surface area contributed by atoms with Crippen molar-refractivity contribution in [1.82, 2.24) is 20.1 Å². The maximum Gasteiger partial charge on any atom is 0.433 e. The molecule has 0 atom stereocenters. The van der Waals surface area contributed by atoms with Gasteiger partial charge < -0.3 is 9.64 Å². The minimum atomic E-state index is -4.53. The molecular formula is C19H15F3N4O2. The molecule has 1 amide bonds. The van der Waals surface area contributed by atoms with E-state index in [-0.39, 0.29) is 24.9 Å². The van der Waals surface area contributed by atoms with Crippen molar-refractivity contribution in [3.8, 4) is 17.1 Å². The van der Waals surface area contributed by atoms with Crippen molar-refractivity contribution in [2.24, 2.45) is 0 Å². The van der Waals surface area contributed by atoms with Gasteiger partial charge >= 0.3 is 6.18 Å². The van der Waals surface area contributed by atoms with Crippen LogP contribution in [0.15, 0.2) is 54.6 Å². The Morgan fingerprint density at radius 2 is 1.86 bits per heavy atom. The average Bonchev–Trinajstić information content (AvgIpc) is 3.14. The Hall–Kier alpha value is -3.36. The number of halogens is 3. The fraction of sp³-hybridized carbons (Fsp3) is 0.211. The van der Waals surface area contributed by atoms with E-state index in [1.807, 2.05) is 30.3 Å². The lowest BCUT2D eigenvalue weighted by Crippen LogP contribution is -2.56. The molecule has 1 N–H and O–H groups in total. The van der Waals surface area contributed by atoms with E-state index in [0.717, 1.165) is 11.6 Å². The molecule has 0 bridgehead atoms. The highest BCUT2D eigenvalue weighted by Crippen LogP contribution is 2.29. The van der Waals surface area contributed by atoms with Gasteiger partial charge in [0.15, 0.2) is 0 Å². The minimum Gasteiger partial charge on any atom is -0.471 e. The van der Waals surface area contributed by atoms with E-state index in [2.05, 4.69) is 15.2 Å². The van der Waals surface area contributed by atoms with Gasteiger partial charge in [-0.15, -0.1) is 0 Å². The first-order chi connectivity index (χ1) is 13.4. The number of likely N-dealkylation sites (tertiary alicyclic amines) is 1. The molecule has 0 aliphatic carbocycles. The van der Waals surface area contributed by atoms with Gasteiger partial charge in [-0.3, -0.25) is 9.89 Å². The molecule has 1 aromatic carbocycles. The van der Waals surface area contributed by atoms with Crippen LogP contribution in [0.5, 0.6) is 5.88 Å². The Kier molecular flexibility index (Phi) is 4.50. The summed E-state index contributed by atoms with van der Waals surface area (Å²) < 4.78 is 43.5. The highest BCUT2D eigenvalue weighted by atomic mass is 19.4. The Morgan fingerprint density at radius 1 is 1.11 bits per heavy atom. The van der Waals surface area contributed by atoms with E-state index in [0.29, 0.717) is 11.4 Å². The van der Waals surface area contributed by atoms with Crippen molar-refractivity contribution in [1.29, 1.82) is 0 Å². The zero-order valence-electron chi connectivity index (χ0n) is 14.5. The quantitative estimate of drug-likeness (QED) is 0.744. The van der Waals surface area contributed by atoms with Gasteiger partial charge in [-0.05, 0) is 12.1 Å². The number of pyridine rings is 1. The number of carbonyl (C=O) groups is 1. The Labute approximate surface area is 158 Å². The number of aromatic amines is 1. The van der Waals surface area contributed by atoms with E-state index < -0.39 is 18.0 Å². The second kappa shape index (κ2) is 6.99. The zero-order chi connectivity index (χ0) is 19.7. The number of benzene rings is 1. The summed E-state index contributed by atoms with van der Waals surface area (Å²) in [6.45, 7) is 0.521. The van der Waals surface area contributed by atoms with Crippen LogP contribution in [0, 0.1) is 0 Å². The number of nitrogens with one attached hydrogen (secondary N) is 1. The van der Waals surface area contributed by atoms with Crippen LogP contribution in [-0.4, -0.2) is 45.2 Å². The number of hydrogen-bond acceptors (Lipinski definition) is 4. The smallest absolute Gasteiger partial charge is 0.433 e. The van der Waals surface area contributed by atoms with Crippen molar-refractivity contribution >= 4 is 5.91 Å². The van der Waals surface area contributed by atoms with Gasteiger partial charge in [-0.2, -0.15) is 18.3 Å². The highest BCUT2D eigenvalue weighted by Gasteiger charge is 2.35. The number of H-pyrrole nitrogens is 1. The third kappa shape index (κ3) is 3.68. The molecular weight excluding hydrogens is 373 g/mol. The number of hydrogen-bond donors (Lipinski definition) is 1. The maximum atomic E-state index is 12.7. The fourth-order valence-electron chi connectivity index (χ4n) is 2.85. The fourth-order valence-corrected chi connectivity index (χ4v) is 2.85. The third-order valence-electron chi connectivity index (χ3n) is 4.31. The van der Waals surface area contributed by atoms with Crippen LogP contribution >= 0.6 is 0 Å². The van der Waals surface area contributed by atoms with Crippen LogP contribution in [0.25, 0.3) is 11.3 Å². The molecule has 0 unspecified atom stereocenters. The van der Waals surface area contributed by atoms with Crippen LogP contribution in [0.1, 0.15) is 16.2 Å². The van der Waals surface area contributed by atoms with Crippen molar-refractivity contribution in [2.75, 3.05) is 13.1 Å². The number of aromatic nitrogens is 3. The normalized spacial score (nSPS) is 14.6. The molecule has 2 aromatic heterocycles. The first-order valence-corrected chi connectivity index (χ1v) is 8.51. The molecule has 1 aliphatic rings. The number of amides is 1. The summed E-state index contributed by atoms with van der Waals surface area (Å²) in [6.07, 6.45) is -4.94. The molecule has 1 fully saturated rings. The van der Waals surface area contributed by atoms with Crippen molar-refractivity contribution in [2.45, 2.75) is 12.3 Å². The molecule has 9 heteroatoms. The van der Waals surface area contributed by atoms with Crippen LogP contribution in [0.2, 0.25) is 0 Å². The van der Waals surface area contributed by atoms with E-state index in [1.54, 1.807) is 6.07 Å². The summed E-state index contributed by atoms with van der Waals surface area (Å²) in [7, 11) is 0. The van der Waals surface area contributed by atoms with Crippen LogP contribution in [0.4, 0.5) is 13.2 Å². The Bertz CT molecular complexity index is 982. The van der Waals surface area contributed by atoms with Gasteiger partial charge in [-0.25, -0.2) is 4.98 Å². The molecule has 0 saturated carbocycles. The summed E-state index contributed by atoms with van der Waals surface area (Å²) in [5.74, 6) is -0.355. The van der Waals surface area contributed by atoms with Crippen molar-refractivity contribution < 1.29 is 22.7 Å². The largest absolute Gasteiger partial charge is 0.471 e. The summed E-state index contributed by atoms with van der Waals surface area (Å²) in [5.41, 5.74) is 0.876. The number of alkyl halides is 3. The topological polar surface area (TPSA) is 71.1 Å². The molecule has 1 saturated heterocycles. The molecule has 3 aromatic rings. The second-order valence-corrected chi connectivity index (χ2v) is 6.34. The Morgan fingerprint density at radius 3 is 2.57 bits per heavy atom. The maximum absolute atomic E-state index is 12.7. The lowest BCUT2D eigenvalue weighted by atomic mass is 10.1. The lowest BCUT2D eigenvalue weighted by molar-refractivity contribution is -0.141. The molecule has 4 rings (SSSR count). The van der Waals surface area contributed by atoms with E-state index in [1.165, 1.54) is 17.0 Å². The minimum absolute atomic E-state index is 0.111. The van der Waals surface area contributed by atoms with E-state index in [4.69, 9.17) is 4.74 Å². The second-order valence-electron chi connectivity index (χ2n) is 6.34. The number of rotatable bonds is 4. The highest BCUT2D eigenvalue weighted by molar-refractivity contribution is 5.94. The summed E-state index contributed by atoms with van der Waals surface area (Å²) in [4.78, 5) is 17.5. The first-order valence-electron chi connectivity index (χ1n) is 8.51. The van der Waals surface area contributed by atoms with Gasteiger partial charge in [0.05, 0.1) is 18.8 Å². The number of nitrogens with zero attached hydrogens (tertiary/aromatic N) is 3. The average molecular weight is 388 g/mol. The number of ether oxygens (including phenoxy) is 1. The van der Waals surface area contributed by atoms with Crippen LogP contribution in [0.3, 0.4) is 0 Å². The van der Waals surface area contributed by atoms with Crippen LogP contribution < -0.4 is 4.74 Å². The molecule has 0 spiro atoms. The number of carbonyl (C=O) groups excluding carboxylic acids is 1. The standard InChI is InChI=1S/C19H15F3N4O2/c20-19(21,22)16-7-4-8-17(23-16)28-13-10-26(11-13)18(27)15-9-14(24-25-15)12-5-2-1-3-6-12/h1-9,13H,10-11H2,(H,24,25).